The summed E-state index contributed by atoms with van der Waals surface area (Å²) in [7, 11) is 3.39. The third kappa shape index (κ3) is 5.38. The Bertz CT molecular complexity index is 462. The van der Waals surface area contributed by atoms with E-state index in [0.29, 0.717) is 19.5 Å². The number of amides is 2. The molecule has 0 aliphatic heterocycles. The van der Waals surface area contributed by atoms with E-state index < -0.39 is 0 Å². The van der Waals surface area contributed by atoms with Crippen molar-refractivity contribution in [2.45, 2.75) is 13.0 Å². The molecule has 0 saturated heterocycles. The molecule has 20 heavy (non-hydrogen) atoms. The van der Waals surface area contributed by atoms with Crippen LogP contribution in [0.1, 0.15) is 12.0 Å². The summed E-state index contributed by atoms with van der Waals surface area (Å²) in [5.41, 5.74) is 7.26. The highest BCUT2D eigenvalue weighted by Gasteiger charge is 2.09. The first-order valence-corrected chi connectivity index (χ1v) is 6.53. The van der Waals surface area contributed by atoms with Crippen LogP contribution in [0, 0.1) is 0 Å². The van der Waals surface area contributed by atoms with Gasteiger partial charge in [0.15, 0.2) is 0 Å². The first kappa shape index (κ1) is 16.1. The number of carbonyl (C=O) groups is 2. The van der Waals surface area contributed by atoms with Gasteiger partial charge in [-0.1, -0.05) is 18.2 Å². The van der Waals surface area contributed by atoms with Gasteiger partial charge >= 0.3 is 0 Å². The number of hydrogen-bond acceptors (Lipinski definition) is 4. The number of hydrogen-bond donors (Lipinski definition) is 3. The van der Waals surface area contributed by atoms with Gasteiger partial charge in [-0.3, -0.25) is 14.5 Å². The molecule has 0 atom stereocenters. The molecule has 0 spiro atoms. The van der Waals surface area contributed by atoms with E-state index in [1.165, 1.54) is 0 Å². The number of nitrogens with one attached hydrogen (secondary N) is 2. The molecule has 0 aromatic heterocycles. The van der Waals surface area contributed by atoms with Crippen LogP contribution in [0.4, 0.5) is 5.69 Å². The van der Waals surface area contributed by atoms with Crippen LogP contribution >= 0.6 is 0 Å². The van der Waals surface area contributed by atoms with Gasteiger partial charge in [0.2, 0.25) is 11.8 Å². The molecule has 6 heteroatoms. The summed E-state index contributed by atoms with van der Waals surface area (Å²) in [6.45, 7) is 1.18. The fourth-order valence-electron chi connectivity index (χ4n) is 1.73. The largest absolute Gasteiger partial charge is 0.358 e. The summed E-state index contributed by atoms with van der Waals surface area (Å²) in [6.07, 6.45) is 0.326. The highest BCUT2D eigenvalue weighted by Crippen LogP contribution is 2.14. The van der Waals surface area contributed by atoms with Crippen molar-refractivity contribution in [3.63, 3.8) is 0 Å². The lowest BCUT2D eigenvalue weighted by molar-refractivity contribution is -0.122. The van der Waals surface area contributed by atoms with Crippen LogP contribution in [0.3, 0.4) is 0 Å². The highest BCUT2D eigenvalue weighted by atomic mass is 16.2. The minimum atomic E-state index is -0.0883. The second kappa shape index (κ2) is 8.29. The van der Waals surface area contributed by atoms with Crippen molar-refractivity contribution < 1.29 is 9.59 Å². The molecule has 2 amide bonds. The molecule has 0 saturated carbocycles. The van der Waals surface area contributed by atoms with Crippen LogP contribution in [0.2, 0.25) is 0 Å². The SMILES string of the molecule is CNC(=O)CN(C)CCC(=O)Nc1ccccc1CN. The van der Waals surface area contributed by atoms with Gasteiger partial charge in [0.1, 0.15) is 0 Å². The van der Waals surface area contributed by atoms with Gasteiger partial charge in [0.05, 0.1) is 6.54 Å². The molecule has 6 nitrogen and oxygen atoms in total. The Morgan fingerprint density at radius 2 is 1.95 bits per heavy atom. The Hall–Kier alpha value is -1.92. The van der Waals surface area contributed by atoms with Crippen LogP contribution in [0.15, 0.2) is 24.3 Å². The maximum absolute atomic E-state index is 11.9. The normalized spacial score (nSPS) is 10.4. The summed E-state index contributed by atoms with van der Waals surface area (Å²) in [4.78, 5) is 24.8. The molecule has 0 bridgehead atoms. The van der Waals surface area contributed by atoms with Crippen molar-refractivity contribution in [3.8, 4) is 0 Å². The number of para-hydroxylation sites is 1. The zero-order valence-electron chi connectivity index (χ0n) is 12.0. The zero-order chi connectivity index (χ0) is 15.0. The molecule has 4 N–H and O–H groups in total. The third-order valence-corrected chi connectivity index (χ3v) is 2.92. The maximum atomic E-state index is 11.9. The zero-order valence-corrected chi connectivity index (χ0v) is 12.0. The molecular formula is C14H22N4O2. The van der Waals surface area contributed by atoms with Gasteiger partial charge in [-0.25, -0.2) is 0 Å². The number of nitrogens with zero attached hydrogens (tertiary/aromatic N) is 1. The Morgan fingerprint density at radius 3 is 2.60 bits per heavy atom. The Balaban J connectivity index is 2.42. The van der Waals surface area contributed by atoms with Gasteiger partial charge in [-0.15, -0.1) is 0 Å². The molecular weight excluding hydrogens is 256 g/mol. The number of likely N-dealkylation sites (N-methyl/N-ethyl adjacent to an activating group) is 2. The van der Waals surface area contributed by atoms with Crippen LogP contribution < -0.4 is 16.4 Å². The molecule has 110 valence electrons. The molecule has 0 aliphatic carbocycles. The minimum Gasteiger partial charge on any atom is -0.358 e. The van der Waals surface area contributed by atoms with Crippen LogP contribution in [-0.4, -0.2) is 43.9 Å². The lowest BCUT2D eigenvalue weighted by atomic mass is 10.1. The lowest BCUT2D eigenvalue weighted by Gasteiger charge is -2.15. The van der Waals surface area contributed by atoms with Crippen molar-refractivity contribution in [1.82, 2.24) is 10.2 Å². The minimum absolute atomic E-state index is 0.0682. The number of anilines is 1. The van der Waals surface area contributed by atoms with E-state index in [1.54, 1.807) is 19.0 Å². The number of carbonyl (C=O) groups excluding carboxylic acids is 2. The van der Waals surface area contributed by atoms with Crippen molar-refractivity contribution in [2.75, 3.05) is 32.5 Å². The van der Waals surface area contributed by atoms with E-state index in [2.05, 4.69) is 10.6 Å². The smallest absolute Gasteiger partial charge is 0.233 e. The Labute approximate surface area is 119 Å². The van der Waals surface area contributed by atoms with Gasteiger partial charge < -0.3 is 16.4 Å². The Morgan fingerprint density at radius 1 is 1.25 bits per heavy atom. The summed E-state index contributed by atoms with van der Waals surface area (Å²) >= 11 is 0. The summed E-state index contributed by atoms with van der Waals surface area (Å²) in [5.74, 6) is -0.156. The number of rotatable bonds is 7. The van der Waals surface area contributed by atoms with Gasteiger partial charge in [-0.05, 0) is 18.7 Å². The van der Waals surface area contributed by atoms with E-state index in [1.807, 2.05) is 24.3 Å². The van der Waals surface area contributed by atoms with E-state index in [0.717, 1.165) is 11.3 Å². The summed E-state index contributed by atoms with van der Waals surface area (Å²) in [6, 6.07) is 7.45. The second-order valence-corrected chi connectivity index (χ2v) is 4.57. The lowest BCUT2D eigenvalue weighted by Crippen LogP contribution is -2.34. The molecule has 0 aliphatic rings. The standard InChI is InChI=1S/C14H22N4O2/c1-16-14(20)10-18(2)8-7-13(19)17-12-6-4-3-5-11(12)9-15/h3-6H,7-10,15H2,1-2H3,(H,16,20)(H,17,19). The average Bonchev–Trinajstić information content (AvgIpc) is 2.45. The maximum Gasteiger partial charge on any atom is 0.233 e. The first-order chi connectivity index (χ1) is 9.56. The van der Waals surface area contributed by atoms with E-state index >= 15 is 0 Å². The predicted octanol–water partition coefficient (Wildman–Crippen LogP) is 0.152. The highest BCUT2D eigenvalue weighted by molar-refractivity contribution is 5.91. The van der Waals surface area contributed by atoms with Crippen molar-refractivity contribution in [1.29, 1.82) is 0 Å². The average molecular weight is 278 g/mol. The summed E-state index contributed by atoms with van der Waals surface area (Å²) < 4.78 is 0. The molecule has 0 unspecified atom stereocenters. The monoisotopic (exact) mass is 278 g/mol. The van der Waals surface area contributed by atoms with Gasteiger partial charge in [0.25, 0.3) is 0 Å². The fourth-order valence-corrected chi connectivity index (χ4v) is 1.73. The van der Waals surface area contributed by atoms with E-state index in [4.69, 9.17) is 5.73 Å². The summed E-state index contributed by atoms with van der Waals surface area (Å²) in [5, 5.41) is 5.38. The molecule has 1 rings (SSSR count). The Kier molecular flexibility index (Phi) is 6.69. The van der Waals surface area contributed by atoms with Crippen LogP contribution in [0.25, 0.3) is 0 Å². The first-order valence-electron chi connectivity index (χ1n) is 6.53. The van der Waals surface area contributed by atoms with Crippen LogP contribution in [0.5, 0.6) is 0 Å². The van der Waals surface area contributed by atoms with Crippen molar-refractivity contribution in [3.05, 3.63) is 29.8 Å². The van der Waals surface area contributed by atoms with Crippen molar-refractivity contribution in [2.24, 2.45) is 5.73 Å². The molecule has 0 fully saturated rings. The fraction of sp³-hybridized carbons (Fsp3) is 0.429. The number of benzene rings is 1. The van der Waals surface area contributed by atoms with Gasteiger partial charge in [0, 0.05) is 32.2 Å². The third-order valence-electron chi connectivity index (χ3n) is 2.92. The molecule has 1 aromatic carbocycles. The topological polar surface area (TPSA) is 87.5 Å². The number of nitrogens with two attached hydrogens (primary N) is 1. The van der Waals surface area contributed by atoms with Crippen LogP contribution in [-0.2, 0) is 16.1 Å². The van der Waals surface area contributed by atoms with E-state index in [9.17, 15) is 9.59 Å². The molecule has 1 aromatic rings. The molecule has 0 heterocycles. The van der Waals surface area contributed by atoms with E-state index in [-0.39, 0.29) is 18.4 Å². The predicted molar refractivity (Wildman–Crippen MR) is 79.1 cm³/mol. The second-order valence-electron chi connectivity index (χ2n) is 4.57. The van der Waals surface area contributed by atoms with Crippen molar-refractivity contribution >= 4 is 17.5 Å². The molecule has 0 radical (unpaired) electrons. The van der Waals surface area contributed by atoms with Gasteiger partial charge in [-0.2, -0.15) is 0 Å². The quantitative estimate of drug-likeness (QED) is 0.662.